The van der Waals surface area contributed by atoms with Crippen LogP contribution in [0.3, 0.4) is 0 Å². The molecule has 0 N–H and O–H groups in total. The van der Waals surface area contributed by atoms with E-state index < -0.39 is 5.97 Å². The molecule has 0 aromatic rings. The maximum absolute atomic E-state index is 11.1. The van der Waals surface area contributed by atoms with Crippen LogP contribution in [0.5, 0.6) is 0 Å². The average molecular weight is 396 g/mol. The predicted molar refractivity (Wildman–Crippen MR) is 118 cm³/mol. The molecular formula is C25H49NO2. The molecule has 1 fully saturated rings. The van der Waals surface area contributed by atoms with Crippen molar-refractivity contribution in [1.82, 2.24) is 0 Å². The molecule has 0 aromatic carbocycles. The van der Waals surface area contributed by atoms with Gasteiger partial charge in [-0.25, -0.2) is 0 Å². The summed E-state index contributed by atoms with van der Waals surface area (Å²) in [5.74, 6) is -0.863. The lowest BCUT2D eigenvalue weighted by Crippen LogP contribution is -2.57. The van der Waals surface area contributed by atoms with E-state index in [4.69, 9.17) is 0 Å². The molecule has 0 radical (unpaired) electrons. The zero-order valence-corrected chi connectivity index (χ0v) is 19.0. The quantitative estimate of drug-likeness (QED) is 0.199. The minimum atomic E-state index is -0.863. The number of likely N-dealkylation sites (tertiary alicyclic amines) is 1. The van der Waals surface area contributed by atoms with Gasteiger partial charge in [0.2, 0.25) is 0 Å². The second-order valence-corrected chi connectivity index (χ2v) is 9.41. The topological polar surface area (TPSA) is 40.1 Å². The summed E-state index contributed by atoms with van der Waals surface area (Å²) in [6, 6.07) is 0. The van der Waals surface area contributed by atoms with Crippen LogP contribution in [-0.4, -0.2) is 36.6 Å². The fourth-order valence-electron chi connectivity index (χ4n) is 4.91. The first-order valence-electron chi connectivity index (χ1n) is 12.7. The number of carbonyl (C=O) groups is 1. The Morgan fingerprint density at radius 2 is 1.04 bits per heavy atom. The molecule has 0 amide bonds. The normalized spacial score (nSPS) is 16.3. The summed E-state index contributed by atoms with van der Waals surface area (Å²) in [5, 5.41) is 11.1. The first-order valence-corrected chi connectivity index (χ1v) is 12.7. The zero-order chi connectivity index (χ0) is 20.3. The van der Waals surface area contributed by atoms with Crippen molar-refractivity contribution in [3.05, 3.63) is 0 Å². The molecule has 3 nitrogen and oxygen atoms in total. The second-order valence-electron chi connectivity index (χ2n) is 9.41. The summed E-state index contributed by atoms with van der Waals surface area (Å²) in [4.78, 5) is 11.1. The molecule has 3 heteroatoms. The number of quaternary nitrogens is 1. The predicted octanol–water partition coefficient (Wildman–Crippen LogP) is 6.00. The van der Waals surface area contributed by atoms with Crippen molar-refractivity contribution in [3.63, 3.8) is 0 Å². The van der Waals surface area contributed by atoms with E-state index in [2.05, 4.69) is 6.92 Å². The monoisotopic (exact) mass is 395 g/mol. The Balaban J connectivity index is 1.86. The molecule has 1 saturated heterocycles. The number of aliphatic carboxylic acids is 1. The van der Waals surface area contributed by atoms with Crippen LogP contribution in [0.4, 0.5) is 0 Å². The number of carbonyl (C=O) groups excluding carboxylic acids is 1. The molecular weight excluding hydrogens is 346 g/mol. The van der Waals surface area contributed by atoms with Crippen molar-refractivity contribution in [3.8, 4) is 0 Å². The average Bonchev–Trinajstić information content (AvgIpc) is 2.68. The van der Waals surface area contributed by atoms with E-state index in [1.807, 2.05) is 0 Å². The van der Waals surface area contributed by atoms with Crippen molar-refractivity contribution in [2.24, 2.45) is 0 Å². The Labute approximate surface area is 175 Å². The summed E-state index contributed by atoms with van der Waals surface area (Å²) in [6.07, 6.45) is 25.8. The van der Waals surface area contributed by atoms with Gasteiger partial charge in [-0.15, -0.1) is 0 Å². The summed E-state index contributed by atoms with van der Waals surface area (Å²) in [5.41, 5.74) is 0. The highest BCUT2D eigenvalue weighted by molar-refractivity contribution is 5.65. The molecule has 28 heavy (non-hydrogen) atoms. The van der Waals surface area contributed by atoms with E-state index in [9.17, 15) is 9.90 Å². The van der Waals surface area contributed by atoms with Crippen molar-refractivity contribution >= 4 is 5.97 Å². The van der Waals surface area contributed by atoms with Crippen molar-refractivity contribution < 1.29 is 14.4 Å². The molecule has 0 saturated carbocycles. The number of carboxylic acid groups (broad SMARTS) is 1. The molecule has 0 spiro atoms. The Morgan fingerprint density at radius 3 is 1.43 bits per heavy atom. The third kappa shape index (κ3) is 13.6. The highest BCUT2D eigenvalue weighted by atomic mass is 16.4. The van der Waals surface area contributed by atoms with Crippen LogP contribution in [-0.2, 0) is 4.79 Å². The van der Waals surface area contributed by atoms with Gasteiger partial charge in [0.1, 0.15) is 6.54 Å². The fourth-order valence-corrected chi connectivity index (χ4v) is 4.91. The van der Waals surface area contributed by atoms with Crippen LogP contribution in [0.2, 0.25) is 0 Å². The van der Waals surface area contributed by atoms with Crippen LogP contribution < -0.4 is 5.11 Å². The van der Waals surface area contributed by atoms with E-state index in [-0.39, 0.29) is 6.54 Å². The van der Waals surface area contributed by atoms with Crippen molar-refractivity contribution in [1.29, 1.82) is 0 Å². The molecule has 166 valence electrons. The highest BCUT2D eigenvalue weighted by Crippen LogP contribution is 2.20. The molecule has 1 aliphatic rings. The molecule has 1 heterocycles. The molecule has 0 aliphatic carbocycles. The van der Waals surface area contributed by atoms with Gasteiger partial charge < -0.3 is 14.4 Å². The minimum Gasteiger partial charge on any atom is -0.544 e. The van der Waals surface area contributed by atoms with Gasteiger partial charge in [-0.2, -0.15) is 0 Å². The van der Waals surface area contributed by atoms with Crippen LogP contribution >= 0.6 is 0 Å². The number of rotatable bonds is 19. The first-order chi connectivity index (χ1) is 13.7. The number of hydrogen-bond acceptors (Lipinski definition) is 2. The van der Waals surface area contributed by atoms with E-state index in [0.717, 1.165) is 24.1 Å². The Morgan fingerprint density at radius 1 is 0.643 bits per heavy atom. The number of piperidine rings is 1. The van der Waals surface area contributed by atoms with E-state index >= 15 is 0 Å². The molecule has 0 bridgehead atoms. The Kier molecular flexibility index (Phi) is 15.7. The van der Waals surface area contributed by atoms with Crippen molar-refractivity contribution in [2.45, 2.75) is 129 Å². The summed E-state index contributed by atoms with van der Waals surface area (Å²) >= 11 is 0. The largest absolute Gasteiger partial charge is 0.544 e. The Hall–Kier alpha value is -0.570. The minimum absolute atomic E-state index is 0.235. The number of hydrogen-bond donors (Lipinski definition) is 0. The lowest BCUT2D eigenvalue weighted by molar-refractivity contribution is -0.927. The SMILES string of the molecule is CCCCCCCCCCCCCCCCCC[N+]1(CC(=O)[O-])CCCCC1. The van der Waals surface area contributed by atoms with Crippen LogP contribution in [0, 0.1) is 0 Å². The van der Waals surface area contributed by atoms with E-state index in [1.54, 1.807) is 0 Å². The third-order valence-corrected chi connectivity index (χ3v) is 6.72. The molecule has 1 aliphatic heterocycles. The summed E-state index contributed by atoms with van der Waals surface area (Å²) < 4.78 is 0.793. The first kappa shape index (κ1) is 25.5. The van der Waals surface area contributed by atoms with Gasteiger partial charge in [0.15, 0.2) is 0 Å². The summed E-state index contributed by atoms with van der Waals surface area (Å²) in [7, 11) is 0. The van der Waals surface area contributed by atoms with Crippen LogP contribution in [0.1, 0.15) is 129 Å². The van der Waals surface area contributed by atoms with Crippen LogP contribution in [0.15, 0.2) is 0 Å². The zero-order valence-electron chi connectivity index (χ0n) is 19.0. The standard InChI is InChI=1S/C25H49NO2/c1-2-3-4-5-6-7-8-9-10-11-12-13-14-15-16-18-21-26(24-25(27)28)22-19-17-20-23-26/h2-24H2,1H3. The maximum atomic E-state index is 11.1. The van der Waals surface area contributed by atoms with Gasteiger partial charge in [-0.1, -0.05) is 96.8 Å². The number of unbranched alkanes of at least 4 members (excludes halogenated alkanes) is 15. The van der Waals surface area contributed by atoms with Gasteiger partial charge in [0, 0.05) is 0 Å². The van der Waals surface area contributed by atoms with Gasteiger partial charge in [0.05, 0.1) is 25.6 Å². The van der Waals surface area contributed by atoms with Crippen LogP contribution in [0.25, 0.3) is 0 Å². The van der Waals surface area contributed by atoms with Gasteiger partial charge in [-0.05, 0) is 32.1 Å². The smallest absolute Gasteiger partial charge is 0.119 e. The van der Waals surface area contributed by atoms with Gasteiger partial charge in [0.25, 0.3) is 0 Å². The molecule has 0 aromatic heterocycles. The van der Waals surface area contributed by atoms with Crippen molar-refractivity contribution in [2.75, 3.05) is 26.2 Å². The molecule has 1 rings (SSSR count). The Bertz CT molecular complexity index is 364. The fraction of sp³-hybridized carbons (Fsp3) is 0.960. The van der Waals surface area contributed by atoms with E-state index in [0.29, 0.717) is 0 Å². The van der Waals surface area contributed by atoms with Gasteiger partial charge in [-0.3, -0.25) is 0 Å². The molecule has 0 unspecified atom stereocenters. The number of nitrogens with zero attached hydrogens (tertiary/aromatic N) is 1. The highest BCUT2D eigenvalue weighted by Gasteiger charge is 2.29. The maximum Gasteiger partial charge on any atom is 0.119 e. The molecule has 0 atom stereocenters. The lowest BCUT2D eigenvalue weighted by Gasteiger charge is -2.42. The third-order valence-electron chi connectivity index (χ3n) is 6.72. The second kappa shape index (κ2) is 17.3. The summed E-state index contributed by atoms with van der Waals surface area (Å²) in [6.45, 7) is 5.66. The van der Waals surface area contributed by atoms with E-state index in [1.165, 1.54) is 122 Å². The number of carboxylic acids is 1. The lowest BCUT2D eigenvalue weighted by atomic mass is 10.0. The van der Waals surface area contributed by atoms with Gasteiger partial charge >= 0.3 is 0 Å².